The van der Waals surface area contributed by atoms with Crippen molar-refractivity contribution in [1.82, 2.24) is 15.0 Å². The minimum Gasteiger partial charge on any atom is -0.497 e. The van der Waals surface area contributed by atoms with E-state index in [-0.39, 0.29) is 11.6 Å². The summed E-state index contributed by atoms with van der Waals surface area (Å²) in [5.41, 5.74) is 1.01. The molecule has 0 N–H and O–H groups in total. The van der Waals surface area contributed by atoms with Crippen LogP contribution in [0.2, 0.25) is 0 Å². The smallest absolute Gasteiger partial charge is 0.275 e. The SMILES string of the molecule is COc1ccc(OCCN(C)C(=O)c2cc(-c3cccnc3)on2)cc1. The average molecular weight is 353 g/mol. The number of methoxy groups -OCH3 is 1. The molecule has 3 rings (SSSR count). The molecule has 0 spiro atoms. The van der Waals surface area contributed by atoms with Crippen LogP contribution in [0.15, 0.2) is 59.4 Å². The van der Waals surface area contributed by atoms with Gasteiger partial charge in [0.05, 0.1) is 13.7 Å². The Morgan fingerprint density at radius 1 is 1.19 bits per heavy atom. The van der Waals surface area contributed by atoms with Crippen LogP contribution in [-0.4, -0.2) is 48.3 Å². The number of pyridine rings is 1. The topological polar surface area (TPSA) is 77.7 Å². The van der Waals surface area contributed by atoms with Gasteiger partial charge in [0.25, 0.3) is 5.91 Å². The predicted octanol–water partition coefficient (Wildman–Crippen LogP) is 2.90. The van der Waals surface area contributed by atoms with Crippen LogP contribution in [0.5, 0.6) is 11.5 Å². The van der Waals surface area contributed by atoms with Crippen molar-refractivity contribution in [2.75, 3.05) is 27.3 Å². The Morgan fingerprint density at radius 2 is 1.96 bits per heavy atom. The fourth-order valence-corrected chi connectivity index (χ4v) is 2.29. The lowest BCUT2D eigenvalue weighted by molar-refractivity contribution is 0.0763. The van der Waals surface area contributed by atoms with Gasteiger partial charge in [-0.2, -0.15) is 0 Å². The zero-order chi connectivity index (χ0) is 18.4. The second-order valence-corrected chi connectivity index (χ2v) is 5.57. The first kappa shape index (κ1) is 17.5. The summed E-state index contributed by atoms with van der Waals surface area (Å²) in [6, 6.07) is 12.5. The summed E-state index contributed by atoms with van der Waals surface area (Å²) in [6.07, 6.45) is 3.32. The van der Waals surface area contributed by atoms with Gasteiger partial charge in [0.15, 0.2) is 11.5 Å². The van der Waals surface area contributed by atoms with Crippen LogP contribution in [-0.2, 0) is 0 Å². The van der Waals surface area contributed by atoms with E-state index in [9.17, 15) is 4.79 Å². The second-order valence-electron chi connectivity index (χ2n) is 5.57. The minimum absolute atomic E-state index is 0.234. The Morgan fingerprint density at radius 3 is 2.65 bits per heavy atom. The van der Waals surface area contributed by atoms with Gasteiger partial charge in [-0.05, 0) is 36.4 Å². The van der Waals surface area contributed by atoms with E-state index in [0.717, 1.165) is 11.3 Å². The van der Waals surface area contributed by atoms with E-state index < -0.39 is 0 Å². The zero-order valence-corrected chi connectivity index (χ0v) is 14.6. The molecule has 2 heterocycles. The van der Waals surface area contributed by atoms with E-state index in [0.29, 0.717) is 24.7 Å². The predicted molar refractivity (Wildman–Crippen MR) is 95.2 cm³/mol. The fourth-order valence-electron chi connectivity index (χ4n) is 2.29. The minimum atomic E-state index is -0.234. The van der Waals surface area contributed by atoms with Crippen LogP contribution in [0.3, 0.4) is 0 Å². The molecule has 0 saturated heterocycles. The van der Waals surface area contributed by atoms with E-state index in [1.54, 1.807) is 38.7 Å². The van der Waals surface area contributed by atoms with Gasteiger partial charge in [-0.25, -0.2) is 0 Å². The molecule has 2 aromatic heterocycles. The Hall–Kier alpha value is -3.35. The zero-order valence-electron chi connectivity index (χ0n) is 14.6. The summed E-state index contributed by atoms with van der Waals surface area (Å²) in [5.74, 6) is 1.75. The number of nitrogens with zero attached hydrogens (tertiary/aromatic N) is 3. The number of rotatable bonds is 7. The van der Waals surface area contributed by atoms with Crippen molar-refractivity contribution in [3.8, 4) is 22.8 Å². The second kappa shape index (κ2) is 8.15. The van der Waals surface area contributed by atoms with Crippen LogP contribution >= 0.6 is 0 Å². The molecular weight excluding hydrogens is 334 g/mol. The van der Waals surface area contributed by atoms with Crippen molar-refractivity contribution in [2.24, 2.45) is 0 Å². The molecule has 1 aromatic carbocycles. The number of ether oxygens (including phenoxy) is 2. The number of hydrogen-bond donors (Lipinski definition) is 0. The highest BCUT2D eigenvalue weighted by molar-refractivity contribution is 5.92. The maximum absolute atomic E-state index is 12.4. The van der Waals surface area contributed by atoms with Gasteiger partial charge in [0.2, 0.25) is 0 Å². The van der Waals surface area contributed by atoms with Crippen LogP contribution in [0.4, 0.5) is 0 Å². The monoisotopic (exact) mass is 353 g/mol. The third-order valence-electron chi connectivity index (χ3n) is 3.78. The fraction of sp³-hybridized carbons (Fsp3) is 0.211. The van der Waals surface area contributed by atoms with Gasteiger partial charge in [0.1, 0.15) is 18.1 Å². The summed E-state index contributed by atoms with van der Waals surface area (Å²) in [7, 11) is 3.30. The molecule has 0 atom stereocenters. The van der Waals surface area contributed by atoms with Crippen molar-refractivity contribution in [2.45, 2.75) is 0 Å². The Labute approximate surface area is 151 Å². The van der Waals surface area contributed by atoms with Crippen molar-refractivity contribution in [3.63, 3.8) is 0 Å². The molecule has 134 valence electrons. The molecule has 0 aliphatic heterocycles. The highest BCUT2D eigenvalue weighted by Crippen LogP contribution is 2.20. The van der Waals surface area contributed by atoms with Crippen LogP contribution < -0.4 is 9.47 Å². The quantitative estimate of drug-likeness (QED) is 0.650. The molecule has 0 saturated carbocycles. The summed E-state index contributed by atoms with van der Waals surface area (Å²) in [4.78, 5) is 18.0. The summed E-state index contributed by atoms with van der Waals surface area (Å²) < 4.78 is 16.0. The molecule has 0 radical (unpaired) electrons. The highest BCUT2D eigenvalue weighted by Gasteiger charge is 2.17. The Kier molecular flexibility index (Phi) is 5.48. The lowest BCUT2D eigenvalue weighted by atomic mass is 10.2. The molecule has 0 unspecified atom stereocenters. The highest BCUT2D eigenvalue weighted by atomic mass is 16.5. The number of carbonyl (C=O) groups is 1. The molecule has 0 bridgehead atoms. The lowest BCUT2D eigenvalue weighted by Gasteiger charge is -2.16. The molecule has 7 heteroatoms. The number of hydrogen-bond acceptors (Lipinski definition) is 6. The van der Waals surface area contributed by atoms with E-state index in [1.165, 1.54) is 4.90 Å². The molecule has 7 nitrogen and oxygen atoms in total. The number of benzene rings is 1. The molecule has 3 aromatic rings. The van der Waals surface area contributed by atoms with E-state index in [1.807, 2.05) is 30.3 Å². The van der Waals surface area contributed by atoms with E-state index in [4.69, 9.17) is 14.0 Å². The number of amides is 1. The molecule has 0 aliphatic rings. The number of aromatic nitrogens is 2. The molecule has 1 amide bonds. The molecule has 0 aliphatic carbocycles. The van der Waals surface area contributed by atoms with Gasteiger partial charge in [-0.1, -0.05) is 5.16 Å². The Balaban J connectivity index is 1.53. The van der Waals surface area contributed by atoms with E-state index >= 15 is 0 Å². The third-order valence-corrected chi connectivity index (χ3v) is 3.78. The standard InChI is InChI=1S/C19H19N3O4/c1-22(10-11-25-16-7-5-15(24-2)6-8-16)19(23)17-12-18(26-21-17)14-4-3-9-20-13-14/h3-9,12-13H,10-11H2,1-2H3. The lowest BCUT2D eigenvalue weighted by Crippen LogP contribution is -2.31. The van der Waals surface area contributed by atoms with Gasteiger partial charge < -0.3 is 18.9 Å². The summed E-state index contributed by atoms with van der Waals surface area (Å²) in [6.45, 7) is 0.780. The first-order chi connectivity index (χ1) is 12.7. The third kappa shape index (κ3) is 4.18. The maximum atomic E-state index is 12.4. The molecule has 26 heavy (non-hydrogen) atoms. The van der Waals surface area contributed by atoms with Gasteiger partial charge in [0, 0.05) is 31.1 Å². The van der Waals surface area contributed by atoms with Crippen molar-refractivity contribution < 1.29 is 18.8 Å². The first-order valence-corrected chi connectivity index (χ1v) is 8.07. The van der Waals surface area contributed by atoms with Crippen molar-refractivity contribution in [1.29, 1.82) is 0 Å². The normalized spacial score (nSPS) is 10.4. The summed E-state index contributed by atoms with van der Waals surface area (Å²) >= 11 is 0. The van der Waals surface area contributed by atoms with Crippen LogP contribution in [0, 0.1) is 0 Å². The number of likely N-dealkylation sites (N-methyl/N-ethyl adjacent to an activating group) is 1. The average Bonchev–Trinajstić information content (AvgIpc) is 3.18. The van der Waals surface area contributed by atoms with E-state index in [2.05, 4.69) is 10.1 Å². The molecular formula is C19H19N3O4. The first-order valence-electron chi connectivity index (χ1n) is 8.07. The largest absolute Gasteiger partial charge is 0.497 e. The van der Waals surface area contributed by atoms with Crippen LogP contribution in [0.25, 0.3) is 11.3 Å². The van der Waals surface area contributed by atoms with Crippen molar-refractivity contribution in [3.05, 3.63) is 60.6 Å². The summed E-state index contributed by atoms with van der Waals surface area (Å²) in [5, 5.41) is 3.85. The van der Waals surface area contributed by atoms with Gasteiger partial charge in [-0.15, -0.1) is 0 Å². The van der Waals surface area contributed by atoms with Gasteiger partial charge >= 0.3 is 0 Å². The van der Waals surface area contributed by atoms with Crippen LogP contribution in [0.1, 0.15) is 10.5 Å². The molecule has 0 fully saturated rings. The maximum Gasteiger partial charge on any atom is 0.275 e. The van der Waals surface area contributed by atoms with Crippen molar-refractivity contribution >= 4 is 5.91 Å². The Bertz CT molecular complexity index is 847. The van der Waals surface area contributed by atoms with Gasteiger partial charge in [-0.3, -0.25) is 9.78 Å². The number of carbonyl (C=O) groups excluding carboxylic acids is 1.